The van der Waals surface area contributed by atoms with Gasteiger partial charge in [0.15, 0.2) is 5.78 Å². The van der Waals surface area contributed by atoms with E-state index in [0.717, 1.165) is 37.4 Å². The van der Waals surface area contributed by atoms with E-state index in [4.69, 9.17) is 16.3 Å². The predicted octanol–water partition coefficient (Wildman–Crippen LogP) is 5.40. The minimum Gasteiger partial charge on any atom is -0.468 e. The molecule has 0 amide bonds. The van der Waals surface area contributed by atoms with E-state index in [1.165, 1.54) is 6.92 Å². The number of hydrogen-bond donors (Lipinski definition) is 0. The number of methoxy groups -OCH3 is 1. The average Bonchev–Trinajstić information content (AvgIpc) is 2.76. The van der Waals surface area contributed by atoms with E-state index in [1.54, 1.807) is 0 Å². The molecule has 0 aliphatic rings. The van der Waals surface area contributed by atoms with Gasteiger partial charge in [-0.2, -0.15) is 13.2 Å². The van der Waals surface area contributed by atoms with Gasteiger partial charge in [0.1, 0.15) is 23.2 Å². The number of nitro benzene ring substituents is 1. The number of carbonyl (C=O) groups excluding carboxylic acids is 3. The Bertz CT molecular complexity index is 1100. The lowest BCUT2D eigenvalue weighted by atomic mass is 9.98. The first-order valence-electron chi connectivity index (χ1n) is 9.32. The minimum atomic E-state index is -4.61. The van der Waals surface area contributed by atoms with Crippen molar-refractivity contribution in [2.45, 2.75) is 25.9 Å². The normalized spacial score (nSPS) is 12.1. The Kier molecular flexibility index (Phi) is 8.15. The van der Waals surface area contributed by atoms with Gasteiger partial charge < -0.3 is 9.47 Å². The van der Waals surface area contributed by atoms with Crippen LogP contribution in [0.2, 0.25) is 5.02 Å². The van der Waals surface area contributed by atoms with E-state index in [2.05, 4.69) is 4.74 Å². The summed E-state index contributed by atoms with van der Waals surface area (Å²) in [4.78, 5) is 46.6. The molecule has 1 unspecified atom stereocenters. The van der Waals surface area contributed by atoms with Crippen LogP contribution < -0.4 is 4.74 Å². The van der Waals surface area contributed by atoms with Crippen molar-refractivity contribution in [3.63, 3.8) is 0 Å². The maximum Gasteiger partial charge on any atom is 0.416 e. The highest BCUT2D eigenvalue weighted by Gasteiger charge is 2.31. The highest BCUT2D eigenvalue weighted by molar-refractivity contribution is 6.32. The van der Waals surface area contributed by atoms with Gasteiger partial charge in [-0.05, 0) is 37.3 Å². The predicted molar refractivity (Wildman–Crippen MR) is 109 cm³/mol. The van der Waals surface area contributed by atoms with Crippen LogP contribution in [0.1, 0.15) is 35.7 Å². The number of esters is 1. The zero-order chi connectivity index (χ0) is 24.9. The van der Waals surface area contributed by atoms with Crippen LogP contribution in [0.4, 0.5) is 18.9 Å². The van der Waals surface area contributed by atoms with Crippen molar-refractivity contribution >= 4 is 34.8 Å². The third kappa shape index (κ3) is 6.51. The summed E-state index contributed by atoms with van der Waals surface area (Å²) in [5.74, 6) is -3.49. The monoisotopic (exact) mass is 487 g/mol. The summed E-state index contributed by atoms with van der Waals surface area (Å²) in [7, 11) is 1.11. The van der Waals surface area contributed by atoms with Crippen molar-refractivity contribution in [1.82, 2.24) is 0 Å². The number of ketones is 2. The third-order valence-electron chi connectivity index (χ3n) is 4.59. The Morgan fingerprint density at radius 3 is 2.33 bits per heavy atom. The van der Waals surface area contributed by atoms with Gasteiger partial charge in [0.25, 0.3) is 5.69 Å². The fourth-order valence-corrected chi connectivity index (χ4v) is 2.96. The molecule has 0 fully saturated rings. The van der Waals surface area contributed by atoms with Gasteiger partial charge in [0, 0.05) is 18.9 Å². The Balaban J connectivity index is 2.26. The molecule has 2 aromatic carbocycles. The summed E-state index contributed by atoms with van der Waals surface area (Å²) >= 11 is 5.85. The first-order valence-corrected chi connectivity index (χ1v) is 9.69. The summed E-state index contributed by atoms with van der Waals surface area (Å²) in [5.41, 5.74) is -1.93. The van der Waals surface area contributed by atoms with Crippen molar-refractivity contribution in [2.24, 2.45) is 5.92 Å². The molecule has 0 aliphatic carbocycles. The Morgan fingerprint density at radius 2 is 1.79 bits per heavy atom. The number of carbonyl (C=O) groups is 3. The number of nitro groups is 1. The molecular weight excluding hydrogens is 471 g/mol. The van der Waals surface area contributed by atoms with E-state index in [-0.39, 0.29) is 28.5 Å². The molecule has 12 heteroatoms. The average molecular weight is 488 g/mol. The van der Waals surface area contributed by atoms with Crippen LogP contribution in [0.15, 0.2) is 36.4 Å². The molecule has 0 spiro atoms. The lowest BCUT2D eigenvalue weighted by Gasteiger charge is -2.12. The smallest absolute Gasteiger partial charge is 0.416 e. The van der Waals surface area contributed by atoms with Gasteiger partial charge in [0.2, 0.25) is 0 Å². The fraction of sp³-hybridized carbons (Fsp3) is 0.286. The molecule has 0 bridgehead atoms. The summed E-state index contributed by atoms with van der Waals surface area (Å²) in [5, 5.41) is 11.0. The number of Topliss-reactive ketones (excluding diaryl/α,β-unsaturated/α-hetero) is 2. The van der Waals surface area contributed by atoms with E-state index < -0.39 is 52.2 Å². The van der Waals surface area contributed by atoms with Gasteiger partial charge in [-0.3, -0.25) is 24.5 Å². The number of rotatable bonds is 9. The molecule has 0 aliphatic heterocycles. The molecule has 0 heterocycles. The largest absolute Gasteiger partial charge is 0.468 e. The Labute approximate surface area is 190 Å². The molecule has 0 aromatic heterocycles. The van der Waals surface area contributed by atoms with Crippen molar-refractivity contribution < 1.29 is 42.0 Å². The number of ether oxygens (including phenoxy) is 2. The molecular formula is C21H17ClF3NO7. The van der Waals surface area contributed by atoms with Crippen LogP contribution >= 0.6 is 11.6 Å². The third-order valence-corrected chi connectivity index (χ3v) is 4.88. The van der Waals surface area contributed by atoms with Crippen molar-refractivity contribution in [3.05, 3.63) is 62.7 Å². The van der Waals surface area contributed by atoms with E-state index in [0.29, 0.717) is 6.07 Å². The van der Waals surface area contributed by atoms with Crippen molar-refractivity contribution in [1.29, 1.82) is 0 Å². The number of benzene rings is 2. The molecule has 1 atom stereocenters. The van der Waals surface area contributed by atoms with Crippen molar-refractivity contribution in [3.8, 4) is 11.5 Å². The molecule has 0 N–H and O–H groups in total. The first kappa shape index (κ1) is 25.8. The maximum atomic E-state index is 12.8. The second-order valence-electron chi connectivity index (χ2n) is 6.82. The first-order chi connectivity index (χ1) is 15.3. The SMILES string of the molecule is COC(=O)C(C)C(=O)CCC(=O)c1cc(Oc2ccc(C(F)(F)F)cc2Cl)ccc1[N+](=O)[O-]. The topological polar surface area (TPSA) is 113 Å². The molecule has 0 radical (unpaired) electrons. The van der Waals surface area contributed by atoms with Gasteiger partial charge >= 0.3 is 12.1 Å². The maximum absolute atomic E-state index is 12.8. The van der Waals surface area contributed by atoms with E-state index in [1.807, 2.05) is 0 Å². The summed E-state index contributed by atoms with van der Waals surface area (Å²) < 4.78 is 48.2. The summed E-state index contributed by atoms with van der Waals surface area (Å²) in [6.45, 7) is 1.31. The zero-order valence-electron chi connectivity index (χ0n) is 17.3. The molecule has 0 saturated carbocycles. The zero-order valence-corrected chi connectivity index (χ0v) is 18.0. The number of halogens is 4. The second kappa shape index (κ2) is 10.4. The minimum absolute atomic E-state index is 0.0973. The van der Waals surface area contributed by atoms with Crippen molar-refractivity contribution in [2.75, 3.05) is 7.11 Å². The molecule has 176 valence electrons. The van der Waals surface area contributed by atoms with E-state index >= 15 is 0 Å². The quantitative estimate of drug-likeness (QED) is 0.153. The fourth-order valence-electron chi connectivity index (χ4n) is 2.74. The van der Waals surface area contributed by atoms with Crippen LogP contribution in [0.3, 0.4) is 0 Å². The lowest BCUT2D eigenvalue weighted by molar-refractivity contribution is -0.385. The van der Waals surface area contributed by atoms with Crippen LogP contribution in [0.5, 0.6) is 11.5 Å². The lowest BCUT2D eigenvalue weighted by Crippen LogP contribution is -2.22. The second-order valence-corrected chi connectivity index (χ2v) is 7.22. The van der Waals surface area contributed by atoms with Gasteiger partial charge in [-0.15, -0.1) is 0 Å². The highest BCUT2D eigenvalue weighted by Crippen LogP contribution is 2.37. The summed E-state index contributed by atoms with van der Waals surface area (Å²) in [6.07, 6.45) is -5.40. The van der Waals surface area contributed by atoms with Crippen LogP contribution in [0.25, 0.3) is 0 Å². The molecule has 33 heavy (non-hydrogen) atoms. The van der Waals surface area contributed by atoms with Crippen LogP contribution in [-0.2, 0) is 20.5 Å². The van der Waals surface area contributed by atoms with Gasteiger partial charge in [-0.1, -0.05) is 11.6 Å². The standard InChI is InChI=1S/C21H17ClF3NO7/c1-11(20(29)32-2)17(27)6-7-18(28)14-10-13(4-5-16(14)26(30)31)33-19-8-3-12(9-15(19)22)21(23,24)25/h3-5,8-11H,6-7H2,1-2H3. The van der Waals surface area contributed by atoms with Crippen LogP contribution in [0, 0.1) is 16.0 Å². The van der Waals surface area contributed by atoms with Gasteiger partial charge in [0.05, 0.1) is 28.2 Å². The highest BCUT2D eigenvalue weighted by atomic mass is 35.5. The Morgan fingerprint density at radius 1 is 1.12 bits per heavy atom. The molecule has 2 aromatic rings. The number of alkyl halides is 3. The number of hydrogen-bond acceptors (Lipinski definition) is 7. The molecule has 2 rings (SSSR count). The van der Waals surface area contributed by atoms with E-state index in [9.17, 15) is 37.7 Å². The van der Waals surface area contributed by atoms with Gasteiger partial charge in [-0.25, -0.2) is 0 Å². The summed E-state index contributed by atoms with van der Waals surface area (Å²) in [6, 6.07) is 5.53. The Hall–Kier alpha value is -3.47. The van der Waals surface area contributed by atoms with Crippen LogP contribution in [-0.4, -0.2) is 29.6 Å². The molecule has 8 nitrogen and oxygen atoms in total. The number of nitrogens with zero attached hydrogens (tertiary/aromatic N) is 1. The molecule has 0 saturated heterocycles.